The van der Waals surface area contributed by atoms with Gasteiger partial charge in [-0.1, -0.05) is 34.1 Å². The molecular weight excluding hydrogens is 359 g/mol. The van der Waals surface area contributed by atoms with E-state index in [1.165, 1.54) is 0 Å². The third kappa shape index (κ3) is 2.74. The molecule has 0 spiro atoms. The summed E-state index contributed by atoms with van der Waals surface area (Å²) in [5, 5.41) is -0.602. The Morgan fingerprint density at radius 2 is 1.81 bits per heavy atom. The molecular formula is C16H13BrClFO2. The Kier molecular flexibility index (Phi) is 4.09. The molecule has 0 amide bonds. The fraction of sp³-hybridized carbons (Fsp3) is 0.250. The minimum Gasteiger partial charge on any atom is -0.486 e. The molecule has 0 bridgehead atoms. The van der Waals surface area contributed by atoms with Crippen LogP contribution in [-0.2, 0) is 0 Å². The molecule has 2 aromatic carbocycles. The number of ether oxygens (including phenoxy) is 2. The molecule has 0 aromatic heterocycles. The van der Waals surface area contributed by atoms with Crippen LogP contribution in [0, 0.1) is 12.7 Å². The van der Waals surface area contributed by atoms with Gasteiger partial charge >= 0.3 is 0 Å². The van der Waals surface area contributed by atoms with E-state index in [1.807, 2.05) is 6.07 Å². The molecule has 2 nitrogen and oxygen atoms in total. The Morgan fingerprint density at radius 1 is 1.14 bits per heavy atom. The van der Waals surface area contributed by atoms with Gasteiger partial charge in [-0.25, -0.2) is 4.39 Å². The summed E-state index contributed by atoms with van der Waals surface area (Å²) in [6, 6.07) is 8.84. The van der Waals surface area contributed by atoms with Crippen LogP contribution in [0.1, 0.15) is 22.1 Å². The van der Waals surface area contributed by atoms with Crippen molar-refractivity contribution in [3.8, 4) is 11.5 Å². The van der Waals surface area contributed by atoms with Crippen molar-refractivity contribution in [3.05, 3.63) is 57.3 Å². The summed E-state index contributed by atoms with van der Waals surface area (Å²) in [6.45, 7) is 2.75. The van der Waals surface area contributed by atoms with Gasteiger partial charge in [-0.05, 0) is 30.2 Å². The number of aryl methyl sites for hydroxylation is 1. The van der Waals surface area contributed by atoms with E-state index < -0.39 is 5.38 Å². The molecule has 0 aliphatic carbocycles. The van der Waals surface area contributed by atoms with Crippen molar-refractivity contribution in [1.82, 2.24) is 0 Å². The SMILES string of the molecule is Cc1cccc(C(Cl)c2cc3c(cc2Br)OCCO3)c1F. The Labute approximate surface area is 136 Å². The van der Waals surface area contributed by atoms with E-state index >= 15 is 0 Å². The second-order valence-electron chi connectivity index (χ2n) is 4.86. The Balaban J connectivity index is 2.05. The summed E-state index contributed by atoms with van der Waals surface area (Å²) in [6.07, 6.45) is 0. The van der Waals surface area contributed by atoms with Gasteiger partial charge in [0.05, 0.1) is 5.38 Å². The van der Waals surface area contributed by atoms with Crippen molar-refractivity contribution in [2.24, 2.45) is 0 Å². The van der Waals surface area contributed by atoms with E-state index in [1.54, 1.807) is 31.2 Å². The van der Waals surface area contributed by atoms with Crippen LogP contribution in [0.3, 0.4) is 0 Å². The smallest absolute Gasteiger partial charge is 0.162 e. The molecule has 3 rings (SSSR count). The first-order valence-corrected chi connectivity index (χ1v) is 7.79. The van der Waals surface area contributed by atoms with Crippen LogP contribution in [0.5, 0.6) is 11.5 Å². The molecule has 0 radical (unpaired) electrons. The maximum atomic E-state index is 14.3. The first kappa shape index (κ1) is 14.7. The number of hydrogen-bond acceptors (Lipinski definition) is 2. The second-order valence-corrected chi connectivity index (χ2v) is 6.15. The molecule has 2 aromatic rings. The van der Waals surface area contributed by atoms with E-state index in [0.717, 1.165) is 10.0 Å². The van der Waals surface area contributed by atoms with Crippen molar-refractivity contribution < 1.29 is 13.9 Å². The summed E-state index contributed by atoms with van der Waals surface area (Å²) in [7, 11) is 0. The normalized spacial score (nSPS) is 14.9. The highest BCUT2D eigenvalue weighted by molar-refractivity contribution is 9.10. The first-order valence-electron chi connectivity index (χ1n) is 6.56. The van der Waals surface area contributed by atoms with E-state index in [0.29, 0.717) is 35.8 Å². The summed E-state index contributed by atoms with van der Waals surface area (Å²) >= 11 is 9.96. The Bertz CT molecular complexity index is 690. The number of fused-ring (bicyclic) bond motifs is 1. The van der Waals surface area contributed by atoms with Gasteiger partial charge in [-0.2, -0.15) is 0 Å². The van der Waals surface area contributed by atoms with Crippen LogP contribution in [-0.4, -0.2) is 13.2 Å². The molecule has 1 unspecified atom stereocenters. The Morgan fingerprint density at radius 3 is 2.52 bits per heavy atom. The van der Waals surface area contributed by atoms with Gasteiger partial charge in [-0.15, -0.1) is 11.6 Å². The van der Waals surface area contributed by atoms with Crippen LogP contribution in [0.2, 0.25) is 0 Å². The minimum atomic E-state index is -0.602. The van der Waals surface area contributed by atoms with Crippen molar-refractivity contribution in [2.75, 3.05) is 13.2 Å². The van der Waals surface area contributed by atoms with E-state index in [9.17, 15) is 4.39 Å². The van der Waals surface area contributed by atoms with Crippen molar-refractivity contribution >= 4 is 27.5 Å². The molecule has 1 aliphatic rings. The number of alkyl halides is 1. The number of halogens is 3. The lowest BCUT2D eigenvalue weighted by Crippen LogP contribution is -2.15. The van der Waals surface area contributed by atoms with Crippen LogP contribution in [0.25, 0.3) is 0 Å². The van der Waals surface area contributed by atoms with E-state index in [2.05, 4.69) is 15.9 Å². The standard InChI is InChI=1S/C16H13BrClFO2/c1-9-3-2-4-10(16(9)19)15(18)11-7-13-14(8-12(11)17)21-6-5-20-13/h2-4,7-8,15H,5-6H2,1H3. The molecule has 0 saturated heterocycles. The molecule has 0 fully saturated rings. The Hall–Kier alpha value is -1.26. The fourth-order valence-corrected chi connectivity index (χ4v) is 3.34. The monoisotopic (exact) mass is 370 g/mol. The van der Waals surface area contributed by atoms with E-state index in [4.69, 9.17) is 21.1 Å². The topological polar surface area (TPSA) is 18.5 Å². The van der Waals surface area contributed by atoms with Crippen LogP contribution in [0.4, 0.5) is 4.39 Å². The maximum absolute atomic E-state index is 14.3. The van der Waals surface area contributed by atoms with Crippen LogP contribution in [0.15, 0.2) is 34.8 Å². The van der Waals surface area contributed by atoms with Gasteiger partial charge in [0.15, 0.2) is 11.5 Å². The lowest BCUT2D eigenvalue weighted by atomic mass is 10.0. The van der Waals surface area contributed by atoms with Gasteiger partial charge in [-0.3, -0.25) is 0 Å². The highest BCUT2D eigenvalue weighted by Gasteiger charge is 2.22. The lowest BCUT2D eigenvalue weighted by molar-refractivity contribution is 0.171. The van der Waals surface area contributed by atoms with Crippen LogP contribution < -0.4 is 9.47 Å². The molecule has 21 heavy (non-hydrogen) atoms. The number of hydrogen-bond donors (Lipinski definition) is 0. The summed E-state index contributed by atoms with van der Waals surface area (Å²) in [5.41, 5.74) is 1.78. The van der Waals surface area contributed by atoms with Crippen LogP contribution >= 0.6 is 27.5 Å². The van der Waals surface area contributed by atoms with Gasteiger partial charge in [0.25, 0.3) is 0 Å². The largest absolute Gasteiger partial charge is 0.486 e. The van der Waals surface area contributed by atoms with Crippen molar-refractivity contribution in [2.45, 2.75) is 12.3 Å². The summed E-state index contributed by atoms with van der Waals surface area (Å²) in [4.78, 5) is 0. The quantitative estimate of drug-likeness (QED) is 0.692. The zero-order chi connectivity index (χ0) is 15.0. The minimum absolute atomic E-state index is 0.278. The summed E-state index contributed by atoms with van der Waals surface area (Å²) < 4.78 is 26.1. The molecule has 1 aliphatic heterocycles. The van der Waals surface area contributed by atoms with Gasteiger partial charge in [0, 0.05) is 10.0 Å². The third-order valence-corrected chi connectivity index (χ3v) is 4.59. The highest BCUT2D eigenvalue weighted by atomic mass is 79.9. The zero-order valence-corrected chi connectivity index (χ0v) is 13.7. The predicted octanol–water partition coefficient (Wildman–Crippen LogP) is 5.00. The fourth-order valence-electron chi connectivity index (χ4n) is 2.31. The average Bonchev–Trinajstić information content (AvgIpc) is 2.48. The maximum Gasteiger partial charge on any atom is 0.162 e. The molecule has 0 saturated carbocycles. The second kappa shape index (κ2) is 5.85. The van der Waals surface area contributed by atoms with E-state index in [-0.39, 0.29) is 5.82 Å². The summed E-state index contributed by atoms with van der Waals surface area (Å²) in [5.74, 6) is 1.03. The van der Waals surface area contributed by atoms with Crippen molar-refractivity contribution in [3.63, 3.8) is 0 Å². The molecule has 1 atom stereocenters. The molecule has 0 N–H and O–H groups in total. The van der Waals surface area contributed by atoms with Gasteiger partial charge < -0.3 is 9.47 Å². The average molecular weight is 372 g/mol. The third-order valence-electron chi connectivity index (χ3n) is 3.43. The number of rotatable bonds is 2. The molecule has 110 valence electrons. The van der Waals surface area contributed by atoms with Crippen molar-refractivity contribution in [1.29, 1.82) is 0 Å². The predicted molar refractivity (Wildman–Crippen MR) is 84.0 cm³/mol. The first-order chi connectivity index (χ1) is 10.1. The lowest BCUT2D eigenvalue weighted by Gasteiger charge is -2.21. The highest BCUT2D eigenvalue weighted by Crippen LogP contribution is 2.42. The van der Waals surface area contributed by atoms with Gasteiger partial charge in [0.2, 0.25) is 0 Å². The number of benzene rings is 2. The van der Waals surface area contributed by atoms with Gasteiger partial charge in [0.1, 0.15) is 19.0 Å². The molecule has 5 heteroatoms. The zero-order valence-electron chi connectivity index (χ0n) is 11.3. The molecule has 1 heterocycles.